The summed E-state index contributed by atoms with van der Waals surface area (Å²) in [5, 5.41) is 14.5. The molecular weight excluding hydrogens is 256 g/mol. The lowest BCUT2D eigenvalue weighted by molar-refractivity contribution is -0.139. The third-order valence-corrected chi connectivity index (χ3v) is 3.21. The van der Waals surface area contributed by atoms with Gasteiger partial charge >= 0.3 is 12.0 Å². The van der Waals surface area contributed by atoms with Crippen molar-refractivity contribution < 1.29 is 14.7 Å². The van der Waals surface area contributed by atoms with E-state index in [1.807, 2.05) is 44.2 Å². The molecule has 0 heterocycles. The van der Waals surface area contributed by atoms with Crippen LogP contribution in [0.15, 0.2) is 30.3 Å². The molecule has 0 aliphatic heterocycles. The van der Waals surface area contributed by atoms with Gasteiger partial charge in [-0.2, -0.15) is 0 Å². The highest BCUT2D eigenvalue weighted by Gasteiger charge is 2.21. The molecule has 1 aromatic rings. The third kappa shape index (κ3) is 5.30. The summed E-state index contributed by atoms with van der Waals surface area (Å²) in [5.41, 5.74) is 0.878. The Kier molecular flexibility index (Phi) is 6.56. The van der Waals surface area contributed by atoms with E-state index in [4.69, 9.17) is 0 Å². The number of carboxylic acids is 1. The van der Waals surface area contributed by atoms with Gasteiger partial charge in [-0.15, -0.1) is 0 Å². The molecule has 20 heavy (non-hydrogen) atoms. The molecule has 5 nitrogen and oxygen atoms in total. The summed E-state index contributed by atoms with van der Waals surface area (Å²) >= 11 is 0. The maximum absolute atomic E-state index is 11.8. The minimum Gasteiger partial charge on any atom is -0.480 e. The highest BCUT2D eigenvalue weighted by molar-refractivity contribution is 5.82. The summed E-state index contributed by atoms with van der Waals surface area (Å²) in [6.45, 7) is 3.96. The van der Waals surface area contributed by atoms with Crippen molar-refractivity contribution in [2.24, 2.45) is 0 Å². The summed E-state index contributed by atoms with van der Waals surface area (Å²) in [6.07, 6.45) is 1.91. The quantitative estimate of drug-likeness (QED) is 0.715. The van der Waals surface area contributed by atoms with Gasteiger partial charge in [-0.1, -0.05) is 44.2 Å². The fraction of sp³-hybridized carbons (Fsp3) is 0.467. The van der Waals surface area contributed by atoms with Crippen LogP contribution in [0.4, 0.5) is 4.79 Å². The van der Waals surface area contributed by atoms with Crippen LogP contribution in [0, 0.1) is 0 Å². The number of urea groups is 1. The van der Waals surface area contributed by atoms with E-state index in [9.17, 15) is 14.7 Å². The molecule has 110 valence electrons. The van der Waals surface area contributed by atoms with Gasteiger partial charge in [0.2, 0.25) is 0 Å². The second-order valence-electron chi connectivity index (χ2n) is 4.71. The molecule has 5 heteroatoms. The van der Waals surface area contributed by atoms with E-state index >= 15 is 0 Å². The zero-order chi connectivity index (χ0) is 15.0. The van der Waals surface area contributed by atoms with Crippen LogP contribution in [0.25, 0.3) is 0 Å². The lowest BCUT2D eigenvalue weighted by Gasteiger charge is -2.19. The minimum atomic E-state index is -1.03. The van der Waals surface area contributed by atoms with Crippen LogP contribution in [0.1, 0.15) is 32.3 Å². The number of carbonyl (C=O) groups is 2. The topological polar surface area (TPSA) is 78.4 Å². The number of carbonyl (C=O) groups excluding carboxylic acids is 1. The normalized spacial score (nSPS) is 11.9. The monoisotopic (exact) mass is 278 g/mol. The molecule has 0 saturated carbocycles. The molecule has 0 bridgehead atoms. The lowest BCUT2D eigenvalue weighted by atomic mass is 10.1. The Labute approximate surface area is 119 Å². The molecule has 2 amide bonds. The van der Waals surface area contributed by atoms with Crippen molar-refractivity contribution in [2.45, 2.75) is 45.2 Å². The van der Waals surface area contributed by atoms with Gasteiger partial charge in [-0.05, 0) is 18.4 Å². The molecule has 1 aromatic carbocycles. The van der Waals surface area contributed by atoms with Gasteiger partial charge in [0.05, 0.1) is 0 Å². The van der Waals surface area contributed by atoms with Crippen LogP contribution in [0.3, 0.4) is 0 Å². The highest BCUT2D eigenvalue weighted by Crippen LogP contribution is 2.04. The number of rotatable bonds is 7. The second kappa shape index (κ2) is 8.19. The first kappa shape index (κ1) is 16.0. The molecule has 0 aliphatic carbocycles. The summed E-state index contributed by atoms with van der Waals surface area (Å²) in [4.78, 5) is 23.0. The van der Waals surface area contributed by atoms with Crippen LogP contribution >= 0.6 is 0 Å². The predicted molar refractivity (Wildman–Crippen MR) is 77.6 cm³/mol. The number of nitrogens with one attached hydrogen (secondary N) is 2. The Balaban J connectivity index is 2.59. The maximum Gasteiger partial charge on any atom is 0.326 e. The van der Waals surface area contributed by atoms with Gasteiger partial charge in [0, 0.05) is 12.5 Å². The molecule has 0 fully saturated rings. The Morgan fingerprint density at radius 2 is 1.70 bits per heavy atom. The molecule has 3 N–H and O–H groups in total. The van der Waals surface area contributed by atoms with Gasteiger partial charge in [0.15, 0.2) is 0 Å². The minimum absolute atomic E-state index is 0.0705. The zero-order valence-corrected chi connectivity index (χ0v) is 11.9. The number of hydrogen-bond acceptors (Lipinski definition) is 2. The van der Waals surface area contributed by atoms with Crippen molar-refractivity contribution in [3.8, 4) is 0 Å². The first-order chi connectivity index (χ1) is 9.56. The molecule has 0 aliphatic rings. The van der Waals surface area contributed by atoms with Gasteiger partial charge in [-0.25, -0.2) is 9.59 Å². The van der Waals surface area contributed by atoms with Gasteiger partial charge in [0.25, 0.3) is 0 Å². The fourth-order valence-electron chi connectivity index (χ4n) is 1.93. The van der Waals surface area contributed by atoms with Crippen molar-refractivity contribution in [1.29, 1.82) is 0 Å². The van der Waals surface area contributed by atoms with Crippen LogP contribution in [0.5, 0.6) is 0 Å². The number of carboxylic acid groups (broad SMARTS) is 1. The summed E-state index contributed by atoms with van der Waals surface area (Å²) in [5.74, 6) is -1.03. The van der Waals surface area contributed by atoms with Gasteiger partial charge in [0.1, 0.15) is 6.04 Å². The summed E-state index contributed by atoms with van der Waals surface area (Å²) < 4.78 is 0. The number of aliphatic carboxylic acids is 1. The number of amides is 2. The Morgan fingerprint density at radius 3 is 2.20 bits per heavy atom. The maximum atomic E-state index is 11.8. The van der Waals surface area contributed by atoms with Crippen LogP contribution in [-0.2, 0) is 11.2 Å². The van der Waals surface area contributed by atoms with E-state index in [0.29, 0.717) is 0 Å². The first-order valence-electron chi connectivity index (χ1n) is 6.90. The second-order valence-corrected chi connectivity index (χ2v) is 4.71. The molecule has 0 saturated heterocycles. The fourth-order valence-corrected chi connectivity index (χ4v) is 1.93. The first-order valence-corrected chi connectivity index (χ1v) is 6.90. The Morgan fingerprint density at radius 1 is 1.10 bits per heavy atom. The molecule has 1 rings (SSSR count). The van der Waals surface area contributed by atoms with Crippen molar-refractivity contribution >= 4 is 12.0 Å². The average Bonchev–Trinajstić information content (AvgIpc) is 2.45. The van der Waals surface area contributed by atoms with E-state index in [1.165, 1.54) is 0 Å². The SMILES string of the molecule is CCC(CC)NC(=O)N[C@H](Cc1ccccc1)C(=O)O. The highest BCUT2D eigenvalue weighted by atomic mass is 16.4. The van der Waals surface area contributed by atoms with Gasteiger partial charge < -0.3 is 15.7 Å². The molecular formula is C15H22N2O3. The molecule has 0 spiro atoms. The Hall–Kier alpha value is -2.04. The zero-order valence-electron chi connectivity index (χ0n) is 11.9. The van der Waals surface area contributed by atoms with Crippen LogP contribution < -0.4 is 10.6 Å². The largest absolute Gasteiger partial charge is 0.480 e. The van der Waals surface area contributed by atoms with E-state index < -0.39 is 18.0 Å². The van der Waals surface area contributed by atoms with Crippen LogP contribution in [-0.4, -0.2) is 29.2 Å². The smallest absolute Gasteiger partial charge is 0.326 e. The van der Waals surface area contributed by atoms with E-state index in [1.54, 1.807) is 0 Å². The van der Waals surface area contributed by atoms with E-state index in [-0.39, 0.29) is 12.5 Å². The molecule has 1 atom stereocenters. The Bertz CT molecular complexity index is 430. The van der Waals surface area contributed by atoms with Crippen molar-refractivity contribution in [1.82, 2.24) is 10.6 Å². The van der Waals surface area contributed by atoms with E-state index in [2.05, 4.69) is 10.6 Å². The number of benzene rings is 1. The van der Waals surface area contributed by atoms with Crippen molar-refractivity contribution in [3.63, 3.8) is 0 Å². The average molecular weight is 278 g/mol. The van der Waals surface area contributed by atoms with Crippen LogP contribution in [0.2, 0.25) is 0 Å². The predicted octanol–water partition coefficient (Wildman–Crippen LogP) is 2.17. The molecule has 0 unspecified atom stereocenters. The standard InChI is InChI=1S/C15H22N2O3/c1-3-12(4-2)16-15(20)17-13(14(18)19)10-11-8-6-5-7-9-11/h5-9,12-13H,3-4,10H2,1-2H3,(H,18,19)(H2,16,17,20)/t13-/m1/s1. The third-order valence-electron chi connectivity index (χ3n) is 3.21. The molecule has 0 aromatic heterocycles. The van der Waals surface area contributed by atoms with Gasteiger partial charge in [-0.3, -0.25) is 0 Å². The summed E-state index contributed by atoms with van der Waals surface area (Å²) in [6, 6.07) is 7.96. The number of hydrogen-bond donors (Lipinski definition) is 3. The lowest BCUT2D eigenvalue weighted by Crippen LogP contribution is -2.49. The van der Waals surface area contributed by atoms with Crippen molar-refractivity contribution in [2.75, 3.05) is 0 Å². The van der Waals surface area contributed by atoms with E-state index in [0.717, 1.165) is 18.4 Å². The molecule has 0 radical (unpaired) electrons. The van der Waals surface area contributed by atoms with Crippen molar-refractivity contribution in [3.05, 3.63) is 35.9 Å². The summed E-state index contributed by atoms with van der Waals surface area (Å²) in [7, 11) is 0.